The van der Waals surface area contributed by atoms with E-state index < -0.39 is 23.6 Å². The minimum Gasteiger partial charge on any atom is -0.481 e. The van der Waals surface area contributed by atoms with E-state index in [9.17, 15) is 9.59 Å². The van der Waals surface area contributed by atoms with Crippen LogP contribution in [0.4, 0.5) is 0 Å². The Morgan fingerprint density at radius 3 is 1.81 bits per heavy atom. The zero-order chi connectivity index (χ0) is 13.0. The van der Waals surface area contributed by atoms with Gasteiger partial charge < -0.3 is 9.84 Å². The summed E-state index contributed by atoms with van der Waals surface area (Å²) in [4.78, 5) is 22.5. The Labute approximate surface area is 97.0 Å². The third kappa shape index (κ3) is 4.31. The molecule has 0 atom stereocenters. The summed E-state index contributed by atoms with van der Waals surface area (Å²) in [6.07, 6.45) is 0.511. The van der Waals surface area contributed by atoms with Crippen molar-refractivity contribution in [3.63, 3.8) is 0 Å². The first-order valence-electron chi connectivity index (χ1n) is 5.62. The van der Waals surface area contributed by atoms with E-state index in [0.717, 1.165) is 0 Å². The summed E-state index contributed by atoms with van der Waals surface area (Å²) in [5.74, 6) is -1.45. The summed E-state index contributed by atoms with van der Waals surface area (Å²) in [6, 6.07) is 0. The first-order chi connectivity index (χ1) is 7.17. The molecule has 4 heteroatoms. The fourth-order valence-corrected chi connectivity index (χ4v) is 1.73. The number of hydrogen-bond acceptors (Lipinski definition) is 3. The molecular weight excluding hydrogens is 208 g/mol. The van der Waals surface area contributed by atoms with Gasteiger partial charge in [-0.15, -0.1) is 0 Å². The van der Waals surface area contributed by atoms with Gasteiger partial charge in [0.05, 0.1) is 5.60 Å². The van der Waals surface area contributed by atoms with Crippen LogP contribution in [-0.2, 0) is 14.3 Å². The van der Waals surface area contributed by atoms with Crippen molar-refractivity contribution in [1.29, 1.82) is 0 Å². The molecule has 94 valence electrons. The van der Waals surface area contributed by atoms with Crippen LogP contribution in [0.15, 0.2) is 0 Å². The van der Waals surface area contributed by atoms with Crippen molar-refractivity contribution in [3.8, 4) is 0 Å². The van der Waals surface area contributed by atoms with Crippen molar-refractivity contribution >= 4 is 11.8 Å². The molecule has 0 aliphatic heterocycles. The molecule has 0 aliphatic rings. The van der Waals surface area contributed by atoms with Gasteiger partial charge in [0, 0.05) is 0 Å². The topological polar surface area (TPSA) is 63.6 Å². The second kappa shape index (κ2) is 5.43. The molecule has 0 amide bonds. The predicted octanol–water partition coefficient (Wildman–Crippen LogP) is 2.40. The summed E-state index contributed by atoms with van der Waals surface area (Å²) in [5.41, 5.74) is -1.42. The van der Waals surface area contributed by atoms with E-state index >= 15 is 0 Å². The second-order valence-electron chi connectivity index (χ2n) is 4.91. The number of carboxylic acids is 1. The number of ether oxygens (including phenoxy) is 1. The smallest absolute Gasteiger partial charge is 0.310 e. The van der Waals surface area contributed by atoms with Gasteiger partial charge in [0.2, 0.25) is 0 Å². The molecule has 0 saturated heterocycles. The summed E-state index contributed by atoms with van der Waals surface area (Å²) < 4.78 is 5.77. The van der Waals surface area contributed by atoms with E-state index in [2.05, 4.69) is 0 Å². The highest BCUT2D eigenvalue weighted by molar-refractivity contribution is 5.99. The lowest BCUT2D eigenvalue weighted by atomic mass is 9.89. The molecule has 0 radical (unpaired) electrons. The molecule has 0 heterocycles. The summed E-state index contributed by atoms with van der Waals surface area (Å²) in [5, 5.41) is 8.66. The Balaban J connectivity index is 4.94. The first-order valence-corrected chi connectivity index (χ1v) is 5.62. The van der Waals surface area contributed by atoms with Crippen molar-refractivity contribution < 1.29 is 19.4 Å². The number of carbonyl (C=O) groups excluding carboxylic acids is 1. The van der Waals surface area contributed by atoms with Crippen LogP contribution in [0.3, 0.4) is 0 Å². The fraction of sp³-hybridized carbons (Fsp3) is 0.833. The maximum absolute atomic E-state index is 11.9. The average molecular weight is 230 g/mol. The van der Waals surface area contributed by atoms with Crippen LogP contribution in [0.25, 0.3) is 0 Å². The van der Waals surface area contributed by atoms with Crippen LogP contribution in [0.5, 0.6) is 0 Å². The fourth-order valence-electron chi connectivity index (χ4n) is 1.73. The monoisotopic (exact) mass is 230 g/mol. The normalized spacial score (nSPS) is 12.6. The molecule has 0 spiro atoms. The van der Waals surface area contributed by atoms with Crippen LogP contribution >= 0.6 is 0 Å². The predicted molar refractivity (Wildman–Crippen MR) is 61.4 cm³/mol. The van der Waals surface area contributed by atoms with E-state index in [0.29, 0.717) is 12.8 Å². The quantitative estimate of drug-likeness (QED) is 0.712. The lowest BCUT2D eigenvalue weighted by Crippen LogP contribution is -2.46. The molecule has 1 N–H and O–H groups in total. The number of aliphatic carboxylic acids is 1. The lowest BCUT2D eigenvalue weighted by molar-refractivity contribution is -0.170. The average Bonchev–Trinajstić information content (AvgIpc) is 2.11. The van der Waals surface area contributed by atoms with Crippen molar-refractivity contribution in [1.82, 2.24) is 0 Å². The van der Waals surface area contributed by atoms with Gasteiger partial charge in [-0.25, -0.2) is 0 Å². The maximum atomic E-state index is 11.9. The SMILES string of the molecule is CCC(CC)(OC(C)(C)C)C(=O)CC(=O)O. The molecule has 0 aliphatic carbocycles. The molecule has 0 aromatic heterocycles. The summed E-state index contributed by atoms with van der Waals surface area (Å²) >= 11 is 0. The molecule has 0 bridgehead atoms. The number of carbonyl (C=O) groups is 2. The molecule has 16 heavy (non-hydrogen) atoms. The highest BCUT2D eigenvalue weighted by Crippen LogP contribution is 2.29. The minimum atomic E-state index is -1.10. The Kier molecular flexibility index (Phi) is 5.13. The highest BCUT2D eigenvalue weighted by atomic mass is 16.5. The third-order valence-corrected chi connectivity index (χ3v) is 2.46. The van der Waals surface area contributed by atoms with E-state index in [-0.39, 0.29) is 5.78 Å². The Bertz CT molecular complexity index is 259. The highest BCUT2D eigenvalue weighted by Gasteiger charge is 2.39. The molecule has 4 nitrogen and oxygen atoms in total. The zero-order valence-corrected chi connectivity index (χ0v) is 10.8. The van der Waals surface area contributed by atoms with Gasteiger partial charge in [-0.05, 0) is 33.6 Å². The Morgan fingerprint density at radius 2 is 1.56 bits per heavy atom. The molecule has 0 fully saturated rings. The summed E-state index contributed by atoms with van der Waals surface area (Å²) in [6.45, 7) is 9.27. The van der Waals surface area contributed by atoms with Gasteiger partial charge in [0.25, 0.3) is 0 Å². The van der Waals surface area contributed by atoms with E-state index in [4.69, 9.17) is 9.84 Å². The Morgan fingerprint density at radius 1 is 1.12 bits per heavy atom. The van der Waals surface area contributed by atoms with Gasteiger partial charge in [-0.3, -0.25) is 9.59 Å². The molecule has 0 saturated carbocycles. The van der Waals surface area contributed by atoms with E-state index in [1.165, 1.54) is 0 Å². The maximum Gasteiger partial charge on any atom is 0.310 e. The molecule has 0 aromatic rings. The second-order valence-corrected chi connectivity index (χ2v) is 4.91. The molecule has 0 unspecified atom stereocenters. The lowest BCUT2D eigenvalue weighted by Gasteiger charge is -2.36. The number of ketones is 1. The van der Waals surface area contributed by atoms with Crippen molar-refractivity contribution in [2.75, 3.05) is 0 Å². The molecule has 0 rings (SSSR count). The first kappa shape index (κ1) is 15.1. The van der Waals surface area contributed by atoms with Crippen molar-refractivity contribution in [3.05, 3.63) is 0 Å². The number of rotatable bonds is 6. The molecule has 0 aromatic carbocycles. The Hall–Kier alpha value is -0.900. The number of Topliss-reactive ketones (excluding diaryl/α,β-unsaturated/α-hetero) is 1. The van der Waals surface area contributed by atoms with E-state index in [1.807, 2.05) is 34.6 Å². The van der Waals surface area contributed by atoms with Gasteiger partial charge in [-0.2, -0.15) is 0 Å². The van der Waals surface area contributed by atoms with Crippen LogP contribution in [0.2, 0.25) is 0 Å². The van der Waals surface area contributed by atoms with Crippen molar-refractivity contribution in [2.24, 2.45) is 0 Å². The largest absolute Gasteiger partial charge is 0.481 e. The van der Waals surface area contributed by atoms with Crippen molar-refractivity contribution in [2.45, 2.75) is 65.1 Å². The van der Waals surface area contributed by atoms with Gasteiger partial charge in [0.1, 0.15) is 12.0 Å². The van der Waals surface area contributed by atoms with Crippen LogP contribution in [0.1, 0.15) is 53.9 Å². The van der Waals surface area contributed by atoms with Gasteiger partial charge in [-0.1, -0.05) is 13.8 Å². The van der Waals surface area contributed by atoms with Gasteiger partial charge >= 0.3 is 5.97 Å². The zero-order valence-electron chi connectivity index (χ0n) is 10.8. The molecular formula is C12H22O4. The van der Waals surface area contributed by atoms with Crippen LogP contribution < -0.4 is 0 Å². The minimum absolute atomic E-state index is 0.347. The number of carboxylic acid groups (broad SMARTS) is 1. The van der Waals surface area contributed by atoms with Gasteiger partial charge in [0.15, 0.2) is 5.78 Å². The summed E-state index contributed by atoms with van der Waals surface area (Å²) in [7, 11) is 0. The number of hydrogen-bond donors (Lipinski definition) is 1. The van der Waals surface area contributed by atoms with E-state index in [1.54, 1.807) is 0 Å². The third-order valence-electron chi connectivity index (χ3n) is 2.46. The van der Waals surface area contributed by atoms with Crippen LogP contribution in [0, 0.1) is 0 Å². The van der Waals surface area contributed by atoms with Crippen LogP contribution in [-0.4, -0.2) is 28.1 Å². The standard InChI is InChI=1S/C12H22O4/c1-6-12(7-2,16-11(3,4)5)9(13)8-10(14)15/h6-8H2,1-5H3,(H,14,15).